The van der Waals surface area contributed by atoms with E-state index in [4.69, 9.17) is 21.6 Å². The molecule has 196 valence electrons. The van der Waals surface area contributed by atoms with E-state index in [0.717, 1.165) is 55.8 Å². The standard InChI is InChI=1S/C28H31ClN8O/c1-36-12-14-37(15-13-36)19-10-11-24(30-17-19)33-28-34-25(18-6-2-3-7-18)20-16-23(31-26(20)35-28)27(38)32-22-9-5-4-8-21(22)29/h4-5,8-11,16-18H,2-3,6-7,12-15H2,1H3,(H,32,38)(H2,30,31,33,34,35). The van der Waals surface area contributed by atoms with Crippen molar-refractivity contribution in [2.24, 2.45) is 0 Å². The van der Waals surface area contributed by atoms with E-state index >= 15 is 0 Å². The number of amides is 1. The second-order valence-corrected chi connectivity index (χ2v) is 10.5. The molecule has 2 fully saturated rings. The monoisotopic (exact) mass is 530 g/mol. The number of carbonyl (C=O) groups excluding carboxylic acids is 1. The number of halogens is 1. The van der Waals surface area contributed by atoms with Gasteiger partial charge in [0.05, 0.1) is 28.3 Å². The number of anilines is 4. The molecule has 4 aromatic rings. The van der Waals surface area contributed by atoms with Crippen molar-refractivity contribution in [2.75, 3.05) is 48.8 Å². The molecule has 10 heteroatoms. The maximum absolute atomic E-state index is 13.0. The van der Waals surface area contributed by atoms with Crippen molar-refractivity contribution in [3.63, 3.8) is 0 Å². The molecule has 0 spiro atoms. The average Bonchev–Trinajstić information content (AvgIpc) is 3.61. The van der Waals surface area contributed by atoms with E-state index in [1.807, 2.05) is 30.5 Å². The minimum Gasteiger partial charge on any atom is -0.368 e. The number of hydrogen-bond acceptors (Lipinski definition) is 7. The molecule has 0 radical (unpaired) electrons. The first-order chi connectivity index (χ1) is 18.5. The molecule has 0 unspecified atom stereocenters. The van der Waals surface area contributed by atoms with Crippen LogP contribution in [-0.4, -0.2) is 64.0 Å². The van der Waals surface area contributed by atoms with Crippen LogP contribution < -0.4 is 15.5 Å². The number of nitrogens with zero attached hydrogens (tertiary/aromatic N) is 5. The van der Waals surface area contributed by atoms with Gasteiger partial charge < -0.3 is 25.4 Å². The number of piperazine rings is 1. The smallest absolute Gasteiger partial charge is 0.272 e. The number of fused-ring (bicyclic) bond motifs is 1. The molecule has 1 aromatic carbocycles. The van der Waals surface area contributed by atoms with Crippen molar-refractivity contribution in [3.8, 4) is 0 Å². The van der Waals surface area contributed by atoms with Gasteiger partial charge in [-0.15, -0.1) is 0 Å². The number of likely N-dealkylation sites (N-methyl/N-ethyl adjacent to an activating group) is 1. The van der Waals surface area contributed by atoms with Gasteiger partial charge >= 0.3 is 0 Å². The van der Waals surface area contributed by atoms with Crippen LogP contribution in [0.15, 0.2) is 48.7 Å². The third kappa shape index (κ3) is 5.16. The van der Waals surface area contributed by atoms with Gasteiger partial charge in [-0.1, -0.05) is 36.6 Å². The first kappa shape index (κ1) is 24.6. The Labute approximate surface area is 226 Å². The van der Waals surface area contributed by atoms with Gasteiger partial charge in [-0.2, -0.15) is 4.98 Å². The Morgan fingerprint density at radius 1 is 1.05 bits per heavy atom. The second kappa shape index (κ2) is 10.6. The van der Waals surface area contributed by atoms with Gasteiger partial charge in [0.1, 0.15) is 17.2 Å². The Balaban J connectivity index is 1.26. The van der Waals surface area contributed by atoms with Crippen LogP contribution in [-0.2, 0) is 0 Å². The lowest BCUT2D eigenvalue weighted by atomic mass is 10.0. The number of benzene rings is 1. The summed E-state index contributed by atoms with van der Waals surface area (Å²) in [5, 5.41) is 7.53. The quantitative estimate of drug-likeness (QED) is 0.306. The predicted octanol–water partition coefficient (Wildman–Crippen LogP) is 5.41. The van der Waals surface area contributed by atoms with E-state index in [-0.39, 0.29) is 5.91 Å². The van der Waals surface area contributed by atoms with Crippen molar-refractivity contribution >= 4 is 51.7 Å². The summed E-state index contributed by atoms with van der Waals surface area (Å²) in [7, 11) is 2.15. The van der Waals surface area contributed by atoms with Crippen LogP contribution in [0.2, 0.25) is 5.02 Å². The first-order valence-electron chi connectivity index (χ1n) is 13.2. The fourth-order valence-corrected chi connectivity index (χ4v) is 5.48. The summed E-state index contributed by atoms with van der Waals surface area (Å²) in [6.45, 7) is 4.09. The first-order valence-corrected chi connectivity index (χ1v) is 13.5. The van der Waals surface area contributed by atoms with Gasteiger partial charge in [0.15, 0.2) is 0 Å². The number of pyridine rings is 1. The Morgan fingerprint density at radius 2 is 1.84 bits per heavy atom. The summed E-state index contributed by atoms with van der Waals surface area (Å²) in [6, 6.07) is 13.1. The molecule has 1 saturated carbocycles. The molecule has 0 atom stereocenters. The lowest BCUT2D eigenvalue weighted by Gasteiger charge is -2.33. The molecular formula is C28H31ClN8O. The van der Waals surface area contributed by atoms with Crippen molar-refractivity contribution in [2.45, 2.75) is 31.6 Å². The summed E-state index contributed by atoms with van der Waals surface area (Å²) >= 11 is 6.24. The van der Waals surface area contributed by atoms with Crippen LogP contribution in [0, 0.1) is 0 Å². The topological polar surface area (TPSA) is 102 Å². The summed E-state index contributed by atoms with van der Waals surface area (Å²) in [5.41, 5.74) is 3.69. The molecule has 1 amide bonds. The molecule has 4 heterocycles. The number of rotatable bonds is 6. The highest BCUT2D eigenvalue weighted by atomic mass is 35.5. The zero-order valence-corrected chi connectivity index (χ0v) is 22.1. The number of para-hydroxylation sites is 1. The van der Waals surface area contributed by atoms with E-state index < -0.39 is 0 Å². The Morgan fingerprint density at radius 3 is 2.58 bits per heavy atom. The van der Waals surface area contributed by atoms with Crippen molar-refractivity contribution in [1.82, 2.24) is 24.8 Å². The lowest BCUT2D eigenvalue weighted by molar-refractivity contribution is 0.102. The Bertz CT molecular complexity index is 1440. The molecule has 2 aliphatic rings. The van der Waals surface area contributed by atoms with Crippen molar-refractivity contribution in [1.29, 1.82) is 0 Å². The van der Waals surface area contributed by atoms with E-state index in [1.165, 1.54) is 12.8 Å². The molecule has 1 saturated heterocycles. The zero-order valence-electron chi connectivity index (χ0n) is 21.4. The van der Waals surface area contributed by atoms with E-state index in [0.29, 0.717) is 39.7 Å². The molecule has 3 N–H and O–H groups in total. The average molecular weight is 531 g/mol. The fourth-order valence-electron chi connectivity index (χ4n) is 5.30. The number of aromatic amines is 1. The number of carbonyl (C=O) groups is 1. The Kier molecular flexibility index (Phi) is 6.86. The molecule has 9 nitrogen and oxygen atoms in total. The van der Waals surface area contributed by atoms with Crippen LogP contribution >= 0.6 is 11.6 Å². The summed E-state index contributed by atoms with van der Waals surface area (Å²) in [4.78, 5) is 35.2. The zero-order chi connectivity index (χ0) is 26.1. The SMILES string of the molecule is CN1CCN(c2ccc(Nc3nc(C4CCCC4)c4cc(C(=O)Nc5ccccc5Cl)[nH]c4n3)nc2)CC1. The molecule has 38 heavy (non-hydrogen) atoms. The highest BCUT2D eigenvalue weighted by Gasteiger charge is 2.24. The molecular weight excluding hydrogens is 500 g/mol. The maximum Gasteiger partial charge on any atom is 0.272 e. The molecule has 1 aliphatic carbocycles. The minimum atomic E-state index is -0.274. The van der Waals surface area contributed by atoms with Crippen LogP contribution in [0.5, 0.6) is 0 Å². The van der Waals surface area contributed by atoms with Gasteiger partial charge in [0.25, 0.3) is 5.91 Å². The second-order valence-electron chi connectivity index (χ2n) is 10.1. The van der Waals surface area contributed by atoms with Gasteiger partial charge in [-0.25, -0.2) is 9.97 Å². The number of hydrogen-bond donors (Lipinski definition) is 3. The van der Waals surface area contributed by atoms with Crippen molar-refractivity contribution < 1.29 is 4.79 Å². The number of nitrogens with one attached hydrogen (secondary N) is 3. The van der Waals surface area contributed by atoms with E-state index in [1.54, 1.807) is 12.1 Å². The molecule has 1 aliphatic heterocycles. The van der Waals surface area contributed by atoms with Crippen LogP contribution in [0.1, 0.15) is 47.8 Å². The van der Waals surface area contributed by atoms with Crippen LogP contribution in [0.3, 0.4) is 0 Å². The third-order valence-electron chi connectivity index (χ3n) is 7.48. The summed E-state index contributed by atoms with van der Waals surface area (Å²) in [5.74, 6) is 1.22. The molecule has 3 aromatic heterocycles. The number of aromatic nitrogens is 4. The molecule has 0 bridgehead atoms. The van der Waals surface area contributed by atoms with Crippen LogP contribution in [0.4, 0.5) is 23.1 Å². The normalized spacial score (nSPS) is 16.7. The largest absolute Gasteiger partial charge is 0.368 e. The Hall–Kier alpha value is -3.69. The van der Waals surface area contributed by atoms with Gasteiger partial charge in [-0.05, 0) is 50.2 Å². The summed E-state index contributed by atoms with van der Waals surface area (Å²) in [6.07, 6.45) is 6.42. The summed E-state index contributed by atoms with van der Waals surface area (Å²) < 4.78 is 0. The highest BCUT2D eigenvalue weighted by molar-refractivity contribution is 6.33. The number of H-pyrrole nitrogens is 1. The fraction of sp³-hybridized carbons (Fsp3) is 0.357. The minimum absolute atomic E-state index is 0.274. The van der Waals surface area contributed by atoms with Crippen molar-refractivity contribution in [3.05, 3.63) is 65.1 Å². The third-order valence-corrected chi connectivity index (χ3v) is 7.81. The van der Waals surface area contributed by atoms with Gasteiger partial charge in [0, 0.05) is 37.5 Å². The van der Waals surface area contributed by atoms with E-state index in [2.05, 4.69) is 43.5 Å². The molecule has 6 rings (SSSR count). The lowest BCUT2D eigenvalue weighted by Crippen LogP contribution is -2.44. The van der Waals surface area contributed by atoms with Crippen LogP contribution in [0.25, 0.3) is 11.0 Å². The predicted molar refractivity (Wildman–Crippen MR) is 152 cm³/mol. The van der Waals surface area contributed by atoms with Gasteiger partial charge in [-0.3, -0.25) is 4.79 Å². The van der Waals surface area contributed by atoms with E-state index in [9.17, 15) is 4.79 Å². The highest BCUT2D eigenvalue weighted by Crippen LogP contribution is 2.37. The van der Waals surface area contributed by atoms with Gasteiger partial charge in [0.2, 0.25) is 5.95 Å². The maximum atomic E-state index is 13.0.